The molecule has 1 amide bonds. The highest BCUT2D eigenvalue weighted by Crippen LogP contribution is 2.30. The van der Waals surface area contributed by atoms with E-state index >= 15 is 0 Å². The van der Waals surface area contributed by atoms with Crippen molar-refractivity contribution in [2.45, 2.75) is 45.8 Å². The van der Waals surface area contributed by atoms with E-state index in [0.29, 0.717) is 18.2 Å². The number of aryl methyl sites for hydroxylation is 2. The first-order valence-electron chi connectivity index (χ1n) is 10.2. The topological polar surface area (TPSA) is 81.1 Å². The van der Waals surface area contributed by atoms with E-state index in [0.717, 1.165) is 60.6 Å². The number of nitrogens with zero attached hydrogens (tertiary/aromatic N) is 3. The molecule has 0 unspecified atom stereocenters. The summed E-state index contributed by atoms with van der Waals surface area (Å²) in [6.45, 7) is 6.75. The van der Waals surface area contributed by atoms with Crippen LogP contribution in [-0.4, -0.2) is 39.9 Å². The minimum atomic E-state index is -0.0913. The highest BCUT2D eigenvalue weighted by molar-refractivity contribution is 5.95. The van der Waals surface area contributed by atoms with Crippen LogP contribution < -0.4 is 10.6 Å². The van der Waals surface area contributed by atoms with Crippen LogP contribution in [0.3, 0.4) is 0 Å². The number of aromatic nitrogens is 3. The summed E-state index contributed by atoms with van der Waals surface area (Å²) in [6.07, 6.45) is 3.79. The summed E-state index contributed by atoms with van der Waals surface area (Å²) in [5.41, 5.74) is 4.45. The Balaban J connectivity index is 1.66. The van der Waals surface area contributed by atoms with Crippen LogP contribution in [0.15, 0.2) is 36.5 Å². The first kappa shape index (κ1) is 19.4. The molecule has 1 saturated heterocycles. The Morgan fingerprint density at radius 3 is 2.72 bits per heavy atom. The smallest absolute Gasteiger partial charge is 0.251 e. The third-order valence-electron chi connectivity index (χ3n) is 5.42. The van der Waals surface area contributed by atoms with Crippen molar-refractivity contribution in [2.24, 2.45) is 0 Å². The maximum Gasteiger partial charge on any atom is 0.251 e. The highest BCUT2D eigenvalue weighted by Gasteiger charge is 2.21. The number of ether oxygens (including phenoxy) is 1. The molecule has 3 aromatic rings. The second-order valence-corrected chi connectivity index (χ2v) is 7.33. The number of pyridine rings is 1. The lowest BCUT2D eigenvalue weighted by Gasteiger charge is -2.26. The third-order valence-corrected chi connectivity index (χ3v) is 5.42. The van der Waals surface area contributed by atoms with Crippen LogP contribution in [-0.2, 0) is 17.8 Å². The van der Waals surface area contributed by atoms with E-state index in [1.54, 1.807) is 0 Å². The number of nitrogens with one attached hydrogen (secondary N) is 2. The van der Waals surface area contributed by atoms with E-state index in [2.05, 4.69) is 22.7 Å². The first-order chi connectivity index (χ1) is 14.2. The summed E-state index contributed by atoms with van der Waals surface area (Å²) in [4.78, 5) is 17.4. The van der Waals surface area contributed by atoms with Crippen molar-refractivity contribution >= 4 is 22.6 Å². The zero-order valence-corrected chi connectivity index (χ0v) is 16.9. The SMILES string of the molecule is CCn1ncc2c(NC3CCOCC3)c(CNC(=O)c3ccccc3)c(C)nc21. The Bertz CT molecular complexity index is 993. The van der Waals surface area contributed by atoms with Gasteiger partial charge in [-0.25, -0.2) is 9.67 Å². The van der Waals surface area contributed by atoms with Gasteiger partial charge in [0.1, 0.15) is 0 Å². The molecule has 2 N–H and O–H groups in total. The molecule has 3 heterocycles. The van der Waals surface area contributed by atoms with Crippen LogP contribution >= 0.6 is 0 Å². The molecule has 1 fully saturated rings. The van der Waals surface area contributed by atoms with E-state index in [-0.39, 0.29) is 5.91 Å². The van der Waals surface area contributed by atoms with Crippen LogP contribution in [0.2, 0.25) is 0 Å². The molecule has 0 bridgehead atoms. The quantitative estimate of drug-likeness (QED) is 0.672. The molecule has 1 aliphatic rings. The number of hydrogen-bond donors (Lipinski definition) is 2. The van der Waals surface area contributed by atoms with Gasteiger partial charge < -0.3 is 15.4 Å². The standard InChI is InChI=1S/C22H27N5O2/c1-3-27-21-19(14-24-27)20(26-17-9-11-29-12-10-17)18(15(2)25-21)13-23-22(28)16-7-5-4-6-8-16/h4-8,14,17H,3,9-13H2,1-2H3,(H,23,28)(H,25,26). The van der Waals surface area contributed by atoms with Crippen molar-refractivity contribution in [3.63, 3.8) is 0 Å². The summed E-state index contributed by atoms with van der Waals surface area (Å²) in [6, 6.07) is 9.60. The number of rotatable bonds is 6. The van der Waals surface area contributed by atoms with Gasteiger partial charge in [0, 0.05) is 49.2 Å². The maximum absolute atomic E-state index is 12.6. The van der Waals surface area contributed by atoms with Gasteiger partial charge in [0.15, 0.2) is 5.65 Å². The van der Waals surface area contributed by atoms with Gasteiger partial charge in [0.05, 0.1) is 17.3 Å². The van der Waals surface area contributed by atoms with Crippen LogP contribution in [0, 0.1) is 6.92 Å². The maximum atomic E-state index is 12.6. The van der Waals surface area contributed by atoms with Crippen molar-refractivity contribution in [3.05, 3.63) is 53.3 Å². The molecule has 2 aromatic heterocycles. The summed E-state index contributed by atoms with van der Waals surface area (Å²) in [5.74, 6) is -0.0913. The lowest BCUT2D eigenvalue weighted by Crippen LogP contribution is -2.30. The number of benzene rings is 1. The van der Waals surface area contributed by atoms with Gasteiger partial charge in [-0.3, -0.25) is 4.79 Å². The summed E-state index contributed by atoms with van der Waals surface area (Å²) < 4.78 is 7.41. The van der Waals surface area contributed by atoms with Gasteiger partial charge in [-0.1, -0.05) is 18.2 Å². The Morgan fingerprint density at radius 1 is 1.24 bits per heavy atom. The normalized spacial score (nSPS) is 14.8. The van der Waals surface area contributed by atoms with Gasteiger partial charge >= 0.3 is 0 Å². The number of hydrogen-bond acceptors (Lipinski definition) is 5. The number of amides is 1. The molecule has 0 spiro atoms. The van der Waals surface area contributed by atoms with Gasteiger partial charge in [0.25, 0.3) is 5.91 Å². The van der Waals surface area contributed by atoms with Crippen molar-refractivity contribution in [3.8, 4) is 0 Å². The Kier molecular flexibility index (Phi) is 5.76. The number of carbonyl (C=O) groups is 1. The second kappa shape index (κ2) is 8.61. The largest absolute Gasteiger partial charge is 0.381 e. The Labute approximate surface area is 170 Å². The van der Waals surface area contributed by atoms with Crippen LogP contribution in [0.1, 0.15) is 41.4 Å². The molecule has 1 aliphatic heterocycles. The van der Waals surface area contributed by atoms with Gasteiger partial charge in [-0.2, -0.15) is 5.10 Å². The molecule has 0 aliphatic carbocycles. The lowest BCUT2D eigenvalue weighted by atomic mass is 10.0. The van der Waals surface area contributed by atoms with E-state index in [1.165, 1.54) is 0 Å². The fourth-order valence-electron chi connectivity index (χ4n) is 3.76. The lowest BCUT2D eigenvalue weighted by molar-refractivity contribution is 0.0904. The third kappa shape index (κ3) is 4.10. The fraction of sp³-hybridized carbons (Fsp3) is 0.409. The molecular weight excluding hydrogens is 366 g/mol. The Hall–Kier alpha value is -2.93. The predicted molar refractivity (Wildman–Crippen MR) is 113 cm³/mol. The zero-order chi connectivity index (χ0) is 20.2. The van der Waals surface area contributed by atoms with Gasteiger partial charge in [0.2, 0.25) is 0 Å². The van der Waals surface area contributed by atoms with Crippen molar-refractivity contribution in [1.82, 2.24) is 20.1 Å². The molecule has 152 valence electrons. The van der Waals surface area contributed by atoms with Crippen molar-refractivity contribution in [1.29, 1.82) is 0 Å². The average Bonchev–Trinajstić information content (AvgIpc) is 3.17. The van der Waals surface area contributed by atoms with Gasteiger partial charge in [-0.05, 0) is 38.8 Å². The molecule has 0 atom stereocenters. The number of anilines is 1. The average molecular weight is 393 g/mol. The van der Waals surface area contributed by atoms with Crippen LogP contribution in [0.25, 0.3) is 11.0 Å². The highest BCUT2D eigenvalue weighted by atomic mass is 16.5. The first-order valence-corrected chi connectivity index (χ1v) is 10.2. The predicted octanol–water partition coefficient (Wildman–Crippen LogP) is 3.28. The summed E-state index contributed by atoms with van der Waals surface area (Å²) >= 11 is 0. The molecule has 0 saturated carbocycles. The van der Waals surface area contributed by atoms with E-state index < -0.39 is 0 Å². The molecule has 29 heavy (non-hydrogen) atoms. The second-order valence-electron chi connectivity index (χ2n) is 7.33. The number of fused-ring (bicyclic) bond motifs is 1. The van der Waals surface area contributed by atoms with Crippen molar-refractivity contribution < 1.29 is 9.53 Å². The van der Waals surface area contributed by atoms with E-state index in [4.69, 9.17) is 9.72 Å². The number of carbonyl (C=O) groups excluding carboxylic acids is 1. The van der Waals surface area contributed by atoms with Gasteiger partial charge in [-0.15, -0.1) is 0 Å². The monoisotopic (exact) mass is 393 g/mol. The zero-order valence-electron chi connectivity index (χ0n) is 16.9. The molecular formula is C22H27N5O2. The van der Waals surface area contributed by atoms with Crippen LogP contribution in [0.5, 0.6) is 0 Å². The molecule has 7 heteroatoms. The van der Waals surface area contributed by atoms with E-state index in [1.807, 2.05) is 48.1 Å². The minimum Gasteiger partial charge on any atom is -0.381 e. The summed E-state index contributed by atoms with van der Waals surface area (Å²) in [5, 5.41) is 12.2. The van der Waals surface area contributed by atoms with Crippen molar-refractivity contribution in [2.75, 3.05) is 18.5 Å². The minimum absolute atomic E-state index is 0.0913. The molecule has 0 radical (unpaired) electrons. The molecule has 1 aromatic carbocycles. The summed E-state index contributed by atoms with van der Waals surface area (Å²) in [7, 11) is 0. The molecule has 7 nitrogen and oxygen atoms in total. The molecule has 4 rings (SSSR count). The Morgan fingerprint density at radius 2 is 2.00 bits per heavy atom. The van der Waals surface area contributed by atoms with E-state index in [9.17, 15) is 4.79 Å². The fourth-order valence-corrected chi connectivity index (χ4v) is 3.76. The van der Waals surface area contributed by atoms with Crippen LogP contribution in [0.4, 0.5) is 5.69 Å².